The monoisotopic (exact) mass is 276 g/mol. The molecule has 1 fully saturated rings. The highest BCUT2D eigenvalue weighted by atomic mass is 15.1. The van der Waals surface area contributed by atoms with Crippen LogP contribution in [0.2, 0.25) is 0 Å². The van der Waals surface area contributed by atoms with Gasteiger partial charge in [0.25, 0.3) is 0 Å². The van der Waals surface area contributed by atoms with Gasteiger partial charge >= 0.3 is 0 Å². The summed E-state index contributed by atoms with van der Waals surface area (Å²) in [5.41, 5.74) is 0. The molecule has 0 aliphatic heterocycles. The molecule has 2 N–H and O–H groups in total. The van der Waals surface area contributed by atoms with Gasteiger partial charge in [-0.1, -0.05) is 33.1 Å². The van der Waals surface area contributed by atoms with Gasteiger partial charge in [0.1, 0.15) is 17.5 Å². The Kier molecular flexibility index (Phi) is 6.09. The molecule has 4 heteroatoms. The average Bonchev–Trinajstić information content (AvgIpc) is 2.46. The molecule has 20 heavy (non-hydrogen) atoms. The van der Waals surface area contributed by atoms with Crippen LogP contribution in [-0.2, 0) is 6.42 Å². The predicted octanol–water partition coefficient (Wildman–Crippen LogP) is 4.00. The van der Waals surface area contributed by atoms with Crippen molar-refractivity contribution in [3.63, 3.8) is 0 Å². The highest BCUT2D eigenvalue weighted by Gasteiger charge is 2.14. The predicted molar refractivity (Wildman–Crippen MR) is 85.3 cm³/mol. The van der Waals surface area contributed by atoms with Gasteiger partial charge in [-0.05, 0) is 25.7 Å². The number of anilines is 2. The van der Waals surface area contributed by atoms with E-state index in [1.54, 1.807) is 0 Å². The van der Waals surface area contributed by atoms with E-state index in [1.165, 1.54) is 32.1 Å². The van der Waals surface area contributed by atoms with E-state index >= 15 is 0 Å². The van der Waals surface area contributed by atoms with Crippen LogP contribution in [0.4, 0.5) is 11.6 Å². The summed E-state index contributed by atoms with van der Waals surface area (Å²) in [5, 5.41) is 6.99. The second-order valence-corrected chi connectivity index (χ2v) is 5.71. The lowest BCUT2D eigenvalue weighted by atomic mass is 9.95. The first kappa shape index (κ1) is 15.1. The van der Waals surface area contributed by atoms with Gasteiger partial charge in [0.05, 0.1) is 0 Å². The summed E-state index contributed by atoms with van der Waals surface area (Å²) in [7, 11) is 0. The molecular weight excluding hydrogens is 248 g/mol. The first-order valence-electron chi connectivity index (χ1n) is 8.20. The molecule has 0 radical (unpaired) electrons. The van der Waals surface area contributed by atoms with Crippen molar-refractivity contribution in [3.8, 4) is 0 Å². The van der Waals surface area contributed by atoms with Gasteiger partial charge in [-0.25, -0.2) is 9.97 Å². The number of aromatic nitrogens is 2. The van der Waals surface area contributed by atoms with Gasteiger partial charge in [0.2, 0.25) is 0 Å². The zero-order chi connectivity index (χ0) is 14.2. The SMILES string of the molecule is CCCNc1cc(NC2CCCCC2)nc(CCC)n1. The van der Waals surface area contributed by atoms with Crippen LogP contribution in [0, 0.1) is 0 Å². The van der Waals surface area contributed by atoms with Crippen molar-refractivity contribution in [2.75, 3.05) is 17.2 Å². The summed E-state index contributed by atoms with van der Waals surface area (Å²) < 4.78 is 0. The fraction of sp³-hybridized carbons (Fsp3) is 0.750. The number of nitrogens with one attached hydrogen (secondary N) is 2. The first-order chi connectivity index (χ1) is 9.81. The molecular formula is C16H28N4. The number of hydrogen-bond donors (Lipinski definition) is 2. The van der Waals surface area contributed by atoms with Crippen molar-refractivity contribution >= 4 is 11.6 Å². The van der Waals surface area contributed by atoms with E-state index in [1.807, 2.05) is 0 Å². The smallest absolute Gasteiger partial charge is 0.133 e. The van der Waals surface area contributed by atoms with Gasteiger partial charge in [-0.2, -0.15) is 0 Å². The van der Waals surface area contributed by atoms with Gasteiger partial charge in [-0.15, -0.1) is 0 Å². The zero-order valence-corrected chi connectivity index (χ0v) is 12.9. The lowest BCUT2D eigenvalue weighted by Crippen LogP contribution is -2.23. The maximum Gasteiger partial charge on any atom is 0.133 e. The molecule has 0 aromatic carbocycles. The number of aryl methyl sites for hydroxylation is 1. The van der Waals surface area contributed by atoms with Crippen molar-refractivity contribution in [1.82, 2.24) is 9.97 Å². The Labute approximate surface area is 122 Å². The molecule has 0 atom stereocenters. The fourth-order valence-corrected chi connectivity index (χ4v) is 2.71. The molecule has 1 heterocycles. The number of nitrogens with zero attached hydrogens (tertiary/aromatic N) is 2. The molecule has 1 aliphatic carbocycles. The average molecular weight is 276 g/mol. The molecule has 0 amide bonds. The molecule has 4 nitrogen and oxygen atoms in total. The van der Waals surface area contributed by atoms with Crippen LogP contribution in [0.25, 0.3) is 0 Å². The van der Waals surface area contributed by atoms with Crippen LogP contribution < -0.4 is 10.6 Å². The molecule has 0 spiro atoms. The molecule has 112 valence electrons. The first-order valence-corrected chi connectivity index (χ1v) is 8.20. The van der Waals surface area contributed by atoms with E-state index in [0.29, 0.717) is 6.04 Å². The third kappa shape index (κ3) is 4.66. The molecule has 0 unspecified atom stereocenters. The maximum atomic E-state index is 4.66. The van der Waals surface area contributed by atoms with Crippen molar-refractivity contribution in [2.45, 2.75) is 71.3 Å². The molecule has 1 aliphatic rings. The number of hydrogen-bond acceptors (Lipinski definition) is 4. The fourth-order valence-electron chi connectivity index (χ4n) is 2.71. The van der Waals surface area contributed by atoms with E-state index in [4.69, 9.17) is 0 Å². The quantitative estimate of drug-likeness (QED) is 0.790. The van der Waals surface area contributed by atoms with Crippen LogP contribution >= 0.6 is 0 Å². The van der Waals surface area contributed by atoms with Crippen molar-refractivity contribution in [2.24, 2.45) is 0 Å². The van der Waals surface area contributed by atoms with Gasteiger partial charge in [0, 0.05) is 25.1 Å². The van der Waals surface area contributed by atoms with Crippen molar-refractivity contribution in [3.05, 3.63) is 11.9 Å². The summed E-state index contributed by atoms with van der Waals surface area (Å²) in [6.45, 7) is 5.30. The lowest BCUT2D eigenvalue weighted by Gasteiger charge is -2.23. The molecule has 1 aromatic heterocycles. The minimum absolute atomic E-state index is 0.590. The van der Waals surface area contributed by atoms with Gasteiger partial charge in [0.15, 0.2) is 0 Å². The summed E-state index contributed by atoms with van der Waals surface area (Å²) in [4.78, 5) is 9.25. The van der Waals surface area contributed by atoms with Crippen molar-refractivity contribution < 1.29 is 0 Å². The summed E-state index contributed by atoms with van der Waals surface area (Å²) in [5.74, 6) is 2.91. The Balaban J connectivity index is 2.06. The number of rotatable bonds is 7. The summed E-state index contributed by atoms with van der Waals surface area (Å²) in [6.07, 6.45) is 9.73. The Bertz CT molecular complexity index is 399. The lowest BCUT2D eigenvalue weighted by molar-refractivity contribution is 0.461. The van der Waals surface area contributed by atoms with Crippen LogP contribution in [0.5, 0.6) is 0 Å². The highest BCUT2D eigenvalue weighted by Crippen LogP contribution is 2.22. The second-order valence-electron chi connectivity index (χ2n) is 5.71. The van der Waals surface area contributed by atoms with E-state index in [2.05, 4.69) is 40.5 Å². The van der Waals surface area contributed by atoms with E-state index < -0.39 is 0 Å². The van der Waals surface area contributed by atoms with E-state index in [0.717, 1.165) is 43.3 Å². The maximum absolute atomic E-state index is 4.66. The summed E-state index contributed by atoms with van der Waals surface area (Å²) in [6, 6.07) is 2.65. The molecule has 1 aromatic rings. The Hall–Kier alpha value is -1.32. The minimum atomic E-state index is 0.590. The Morgan fingerprint density at radius 1 is 1.05 bits per heavy atom. The standard InChI is InChI=1S/C16H28N4/c1-3-8-14-19-15(17-11-4-2)12-16(20-14)18-13-9-6-5-7-10-13/h12-13H,3-11H2,1-2H3,(H2,17,18,19,20). The van der Waals surface area contributed by atoms with Crippen molar-refractivity contribution in [1.29, 1.82) is 0 Å². The highest BCUT2D eigenvalue weighted by molar-refractivity contribution is 5.48. The normalized spacial score (nSPS) is 16.1. The Morgan fingerprint density at radius 2 is 1.80 bits per heavy atom. The molecule has 0 saturated heterocycles. The second kappa shape index (κ2) is 8.08. The van der Waals surface area contributed by atoms with Crippen LogP contribution in [0.1, 0.15) is 64.6 Å². The third-order valence-corrected chi connectivity index (χ3v) is 3.76. The van der Waals surface area contributed by atoms with Gasteiger partial charge in [-0.3, -0.25) is 0 Å². The Morgan fingerprint density at radius 3 is 2.50 bits per heavy atom. The topological polar surface area (TPSA) is 49.8 Å². The van der Waals surface area contributed by atoms with Crippen LogP contribution in [-0.4, -0.2) is 22.6 Å². The van der Waals surface area contributed by atoms with E-state index in [-0.39, 0.29) is 0 Å². The minimum Gasteiger partial charge on any atom is -0.370 e. The molecule has 0 bridgehead atoms. The zero-order valence-electron chi connectivity index (χ0n) is 12.9. The van der Waals surface area contributed by atoms with Gasteiger partial charge < -0.3 is 10.6 Å². The largest absolute Gasteiger partial charge is 0.370 e. The van der Waals surface area contributed by atoms with Crippen LogP contribution in [0.3, 0.4) is 0 Å². The molecule has 1 saturated carbocycles. The van der Waals surface area contributed by atoms with Crippen LogP contribution in [0.15, 0.2) is 6.07 Å². The van der Waals surface area contributed by atoms with E-state index in [9.17, 15) is 0 Å². The third-order valence-electron chi connectivity index (χ3n) is 3.76. The molecule has 2 rings (SSSR count). The summed E-state index contributed by atoms with van der Waals surface area (Å²) >= 11 is 0.